The summed E-state index contributed by atoms with van der Waals surface area (Å²) in [6.07, 6.45) is 5.91. The molecule has 0 spiro atoms. The largest absolute Gasteiger partial charge is 0.483 e. The van der Waals surface area contributed by atoms with Gasteiger partial charge in [0.1, 0.15) is 5.75 Å². The Hall–Kier alpha value is -2.04. The summed E-state index contributed by atoms with van der Waals surface area (Å²) in [5, 5.41) is 0. The molecule has 1 aromatic carbocycles. The van der Waals surface area contributed by atoms with E-state index in [-0.39, 0.29) is 18.4 Å². The van der Waals surface area contributed by atoms with Gasteiger partial charge in [0, 0.05) is 32.1 Å². The third-order valence-corrected chi connectivity index (χ3v) is 5.57. The number of likely N-dealkylation sites (tertiary alicyclic amines) is 2. The molecule has 5 heteroatoms. The highest BCUT2D eigenvalue weighted by atomic mass is 16.5. The minimum absolute atomic E-state index is 0.0137. The molecule has 0 radical (unpaired) electrons. The minimum atomic E-state index is 0.0137. The van der Waals surface area contributed by atoms with Crippen molar-refractivity contribution in [1.82, 2.24) is 9.80 Å². The van der Waals surface area contributed by atoms with Crippen LogP contribution in [0.2, 0.25) is 0 Å². The molecule has 0 saturated carbocycles. The molecule has 0 aromatic heterocycles. The quantitative estimate of drug-likeness (QED) is 0.813. The van der Waals surface area contributed by atoms with Crippen molar-refractivity contribution in [3.05, 3.63) is 29.8 Å². The van der Waals surface area contributed by atoms with Crippen molar-refractivity contribution in [2.24, 2.45) is 5.92 Å². The normalized spacial score (nSPS) is 18.7. The summed E-state index contributed by atoms with van der Waals surface area (Å²) >= 11 is 0. The highest BCUT2D eigenvalue weighted by Gasteiger charge is 2.30. The van der Waals surface area contributed by atoms with Gasteiger partial charge in [0.2, 0.25) is 5.91 Å². The number of amides is 2. The average Bonchev–Trinajstić information content (AvgIpc) is 2.72. The first-order chi connectivity index (χ1) is 12.7. The van der Waals surface area contributed by atoms with Crippen LogP contribution in [0.5, 0.6) is 5.75 Å². The first-order valence-corrected chi connectivity index (χ1v) is 9.96. The van der Waals surface area contributed by atoms with Crippen molar-refractivity contribution < 1.29 is 14.3 Å². The summed E-state index contributed by atoms with van der Waals surface area (Å²) in [5.41, 5.74) is 1.12. The summed E-state index contributed by atoms with van der Waals surface area (Å²) in [6, 6.07) is 7.85. The maximum Gasteiger partial charge on any atom is 0.260 e. The molecule has 1 aromatic rings. The zero-order valence-corrected chi connectivity index (χ0v) is 15.8. The number of rotatable bonds is 5. The maximum atomic E-state index is 12.6. The molecule has 0 N–H and O–H groups in total. The van der Waals surface area contributed by atoms with Crippen LogP contribution in [0.3, 0.4) is 0 Å². The summed E-state index contributed by atoms with van der Waals surface area (Å²) in [5.74, 6) is 1.18. The average molecular weight is 358 g/mol. The lowest BCUT2D eigenvalue weighted by atomic mass is 9.94. The summed E-state index contributed by atoms with van der Waals surface area (Å²) in [6.45, 7) is 5.27. The number of piperidine rings is 2. The number of nitrogens with zero attached hydrogens (tertiary/aromatic N) is 2. The summed E-state index contributed by atoms with van der Waals surface area (Å²) < 4.78 is 5.75. The first kappa shape index (κ1) is 18.7. The number of benzene rings is 1. The van der Waals surface area contributed by atoms with Gasteiger partial charge in [-0.3, -0.25) is 9.59 Å². The van der Waals surface area contributed by atoms with Crippen molar-refractivity contribution in [2.45, 2.75) is 45.4 Å². The molecule has 2 fully saturated rings. The highest BCUT2D eigenvalue weighted by Crippen LogP contribution is 2.23. The third-order valence-electron chi connectivity index (χ3n) is 5.57. The fourth-order valence-electron chi connectivity index (χ4n) is 3.92. The predicted molar refractivity (Wildman–Crippen MR) is 101 cm³/mol. The Bertz CT molecular complexity index is 617. The number of carbonyl (C=O) groups is 2. The SMILES string of the molecule is CCc1ccccc1OCC(=O)N1CCC(C(=O)N2CCCCC2)CC1. The lowest BCUT2D eigenvalue weighted by Crippen LogP contribution is -2.46. The molecule has 0 unspecified atom stereocenters. The molecule has 142 valence electrons. The van der Waals surface area contributed by atoms with E-state index in [1.165, 1.54) is 6.42 Å². The highest BCUT2D eigenvalue weighted by molar-refractivity contribution is 5.80. The first-order valence-electron chi connectivity index (χ1n) is 9.96. The topological polar surface area (TPSA) is 49.9 Å². The summed E-state index contributed by atoms with van der Waals surface area (Å²) in [7, 11) is 0. The zero-order chi connectivity index (χ0) is 18.4. The molecule has 2 amide bonds. The fourth-order valence-corrected chi connectivity index (χ4v) is 3.92. The van der Waals surface area contributed by atoms with Gasteiger partial charge < -0.3 is 14.5 Å². The third kappa shape index (κ3) is 4.57. The molecule has 5 nitrogen and oxygen atoms in total. The monoisotopic (exact) mass is 358 g/mol. The van der Waals surface area contributed by atoms with Crippen LogP contribution in [0.4, 0.5) is 0 Å². The second kappa shape index (κ2) is 9.06. The van der Waals surface area contributed by atoms with Gasteiger partial charge in [0.25, 0.3) is 5.91 Å². The molecular formula is C21H30N2O3. The van der Waals surface area contributed by atoms with Gasteiger partial charge in [-0.2, -0.15) is 0 Å². The van der Waals surface area contributed by atoms with Crippen molar-refractivity contribution in [3.8, 4) is 5.75 Å². The molecule has 26 heavy (non-hydrogen) atoms. The fraction of sp³-hybridized carbons (Fsp3) is 0.619. The van der Waals surface area contributed by atoms with Gasteiger partial charge in [0.15, 0.2) is 6.61 Å². The van der Waals surface area contributed by atoms with Gasteiger partial charge >= 0.3 is 0 Å². The molecule has 2 heterocycles. The van der Waals surface area contributed by atoms with Crippen LogP contribution in [0.25, 0.3) is 0 Å². The van der Waals surface area contributed by atoms with Crippen LogP contribution in [-0.2, 0) is 16.0 Å². The number of carbonyl (C=O) groups excluding carboxylic acids is 2. The standard InChI is InChI=1S/C21H30N2O3/c1-2-17-8-4-5-9-19(17)26-16-20(24)22-14-10-18(11-15-22)21(25)23-12-6-3-7-13-23/h4-5,8-9,18H,2-3,6-7,10-16H2,1H3. The number of ether oxygens (including phenoxy) is 1. The molecule has 0 bridgehead atoms. The Morgan fingerprint density at radius 3 is 2.38 bits per heavy atom. The Morgan fingerprint density at radius 2 is 1.69 bits per heavy atom. The molecule has 0 atom stereocenters. The zero-order valence-electron chi connectivity index (χ0n) is 15.8. The van der Waals surface area contributed by atoms with Gasteiger partial charge in [-0.05, 0) is 50.2 Å². The smallest absolute Gasteiger partial charge is 0.260 e. The van der Waals surface area contributed by atoms with Crippen molar-refractivity contribution in [3.63, 3.8) is 0 Å². The molecule has 2 saturated heterocycles. The number of hydrogen-bond acceptors (Lipinski definition) is 3. The van der Waals surface area contributed by atoms with Crippen LogP contribution in [0.15, 0.2) is 24.3 Å². The molecule has 0 aliphatic carbocycles. The van der Waals surface area contributed by atoms with E-state index in [0.29, 0.717) is 19.0 Å². The second-order valence-electron chi connectivity index (χ2n) is 7.29. The Kier molecular flexibility index (Phi) is 6.53. The van der Waals surface area contributed by atoms with E-state index >= 15 is 0 Å². The second-order valence-corrected chi connectivity index (χ2v) is 7.29. The predicted octanol–water partition coefficient (Wildman–Crippen LogP) is 2.88. The van der Waals surface area contributed by atoms with Crippen molar-refractivity contribution in [2.75, 3.05) is 32.8 Å². The van der Waals surface area contributed by atoms with E-state index in [9.17, 15) is 9.59 Å². The minimum Gasteiger partial charge on any atom is -0.483 e. The maximum absolute atomic E-state index is 12.6. The van der Waals surface area contributed by atoms with E-state index in [1.807, 2.05) is 34.1 Å². The van der Waals surface area contributed by atoms with Gasteiger partial charge in [-0.25, -0.2) is 0 Å². The van der Waals surface area contributed by atoms with E-state index in [4.69, 9.17) is 4.74 Å². The Balaban J connectivity index is 1.45. The van der Waals surface area contributed by atoms with E-state index in [1.54, 1.807) is 0 Å². The van der Waals surface area contributed by atoms with E-state index < -0.39 is 0 Å². The van der Waals surface area contributed by atoms with Crippen LogP contribution >= 0.6 is 0 Å². The number of aryl methyl sites for hydroxylation is 1. The molecule has 3 rings (SSSR count). The lowest BCUT2D eigenvalue weighted by molar-refractivity contribution is -0.142. The lowest BCUT2D eigenvalue weighted by Gasteiger charge is -2.35. The Labute approximate surface area is 156 Å². The van der Waals surface area contributed by atoms with E-state index in [2.05, 4.69) is 6.92 Å². The van der Waals surface area contributed by atoms with E-state index in [0.717, 1.165) is 56.5 Å². The van der Waals surface area contributed by atoms with Gasteiger partial charge in [-0.15, -0.1) is 0 Å². The van der Waals surface area contributed by atoms with Crippen LogP contribution < -0.4 is 4.74 Å². The van der Waals surface area contributed by atoms with Crippen molar-refractivity contribution in [1.29, 1.82) is 0 Å². The Morgan fingerprint density at radius 1 is 1.00 bits per heavy atom. The van der Waals surface area contributed by atoms with Crippen LogP contribution in [0.1, 0.15) is 44.6 Å². The van der Waals surface area contributed by atoms with Crippen molar-refractivity contribution >= 4 is 11.8 Å². The number of hydrogen-bond donors (Lipinski definition) is 0. The van der Waals surface area contributed by atoms with Crippen LogP contribution in [-0.4, -0.2) is 54.4 Å². The molecule has 2 aliphatic rings. The van der Waals surface area contributed by atoms with Crippen LogP contribution in [0, 0.1) is 5.92 Å². The molecule has 2 aliphatic heterocycles. The number of para-hydroxylation sites is 1. The summed E-state index contributed by atoms with van der Waals surface area (Å²) in [4.78, 5) is 28.9. The molecular weight excluding hydrogens is 328 g/mol. The van der Waals surface area contributed by atoms with Gasteiger partial charge in [-0.1, -0.05) is 25.1 Å². The van der Waals surface area contributed by atoms with Gasteiger partial charge in [0.05, 0.1) is 0 Å².